The highest BCUT2D eigenvalue weighted by Gasteiger charge is 2.16. The van der Waals surface area contributed by atoms with Crippen LogP contribution in [0.1, 0.15) is 35.6 Å². The summed E-state index contributed by atoms with van der Waals surface area (Å²) in [6.45, 7) is 0.0451. The maximum Gasteiger partial charge on any atom is 0.294 e. The molecular formula is C36H38N8O11S3. The molecule has 0 saturated carbocycles. The van der Waals surface area contributed by atoms with Gasteiger partial charge in [-0.15, -0.1) is 0 Å². The first-order chi connectivity index (χ1) is 27.5. The van der Waals surface area contributed by atoms with E-state index in [4.69, 9.17) is 14.0 Å². The Morgan fingerprint density at radius 3 is 1.72 bits per heavy atom. The van der Waals surface area contributed by atoms with Crippen molar-refractivity contribution >= 4 is 59.1 Å². The molecule has 4 N–H and O–H groups in total. The lowest BCUT2D eigenvalue weighted by Crippen LogP contribution is -2.15. The van der Waals surface area contributed by atoms with Crippen LogP contribution in [0.5, 0.6) is 11.5 Å². The van der Waals surface area contributed by atoms with Crippen LogP contribution in [0.25, 0.3) is 0 Å². The Morgan fingerprint density at radius 1 is 0.603 bits per heavy atom. The number of ether oxygens (including phenoxy) is 2. The van der Waals surface area contributed by atoms with Crippen molar-refractivity contribution in [3.63, 3.8) is 0 Å². The van der Waals surface area contributed by atoms with Crippen molar-refractivity contribution in [1.82, 2.24) is 15.0 Å². The highest BCUT2D eigenvalue weighted by molar-refractivity contribution is 7.86. The summed E-state index contributed by atoms with van der Waals surface area (Å²) in [5, 5.41) is 19.7. The fourth-order valence-corrected chi connectivity index (χ4v) is 6.70. The topological polar surface area (TPSA) is 282 Å². The highest BCUT2D eigenvalue weighted by Crippen LogP contribution is 2.31. The van der Waals surface area contributed by atoms with Gasteiger partial charge in [-0.3, -0.25) is 13.7 Å². The maximum absolute atomic E-state index is 11.5. The number of nitrogens with zero attached hydrogens (tertiary/aromatic N) is 7. The van der Waals surface area contributed by atoms with Gasteiger partial charge in [0.05, 0.1) is 52.9 Å². The van der Waals surface area contributed by atoms with E-state index in [1.54, 1.807) is 48.5 Å². The third kappa shape index (κ3) is 14.3. The van der Waals surface area contributed by atoms with E-state index in [0.717, 1.165) is 0 Å². The van der Waals surface area contributed by atoms with Crippen LogP contribution in [0.15, 0.2) is 116 Å². The number of azo groups is 2. The summed E-state index contributed by atoms with van der Waals surface area (Å²) in [6, 6.07) is 24.4. The zero-order valence-corrected chi connectivity index (χ0v) is 33.2. The van der Waals surface area contributed by atoms with Crippen molar-refractivity contribution < 1.29 is 48.4 Å². The minimum Gasteiger partial charge on any atom is -0.496 e. The minimum atomic E-state index is -4.43. The zero-order chi connectivity index (χ0) is 41.8. The third-order valence-corrected chi connectivity index (χ3v) is 10.3. The molecule has 0 spiro atoms. The Kier molecular flexibility index (Phi) is 14.6. The molecule has 1 heterocycles. The quantitative estimate of drug-likeness (QED) is 0.0370. The molecule has 1 aromatic heterocycles. The molecule has 0 aliphatic rings. The molecule has 0 radical (unpaired) electrons. The van der Waals surface area contributed by atoms with E-state index in [1.165, 1.54) is 31.4 Å². The lowest BCUT2D eigenvalue weighted by atomic mass is 10.1. The molecule has 0 fully saturated rings. The van der Waals surface area contributed by atoms with Gasteiger partial charge in [-0.2, -0.15) is 55.7 Å². The van der Waals surface area contributed by atoms with Crippen LogP contribution in [0.4, 0.5) is 28.7 Å². The summed E-state index contributed by atoms with van der Waals surface area (Å²) >= 11 is 0. The second kappa shape index (κ2) is 19.6. The SMILES string of the molecule is COc1cc(N=Nc2cccc(S(=O)(=O)O)c2)ccc1Cc1nc(Cc2ccc(N=Nc3ccccc3)cc2OCCCS(=O)(=O)O)nc(NCCCS(=O)(=O)O)n1. The molecule has 0 aliphatic heterocycles. The van der Waals surface area contributed by atoms with Crippen LogP contribution < -0.4 is 14.8 Å². The van der Waals surface area contributed by atoms with Gasteiger partial charge in [-0.1, -0.05) is 36.4 Å². The Morgan fingerprint density at radius 2 is 1.14 bits per heavy atom. The first-order valence-corrected chi connectivity index (χ1v) is 22.0. The van der Waals surface area contributed by atoms with E-state index in [-0.39, 0.29) is 61.2 Å². The second-order valence-corrected chi connectivity index (χ2v) is 17.0. The zero-order valence-electron chi connectivity index (χ0n) is 30.8. The Balaban J connectivity index is 1.43. The Labute approximate surface area is 334 Å². The summed E-state index contributed by atoms with van der Waals surface area (Å²) in [7, 11) is -11.4. The number of anilines is 1. The van der Waals surface area contributed by atoms with Gasteiger partial charge in [0.15, 0.2) is 0 Å². The molecule has 306 valence electrons. The Hall–Kier alpha value is -5.78. The van der Waals surface area contributed by atoms with Gasteiger partial charge in [0, 0.05) is 42.6 Å². The van der Waals surface area contributed by atoms with Gasteiger partial charge in [-0.05, 0) is 55.3 Å². The fraction of sp³-hybridized carbons (Fsp3) is 0.250. The van der Waals surface area contributed by atoms with Crippen LogP contribution in [-0.4, -0.2) is 85.6 Å². The van der Waals surface area contributed by atoms with E-state index < -0.39 is 41.9 Å². The number of hydrogen-bond donors (Lipinski definition) is 4. The number of aromatic nitrogens is 3. The average Bonchev–Trinajstić information content (AvgIpc) is 3.17. The first-order valence-electron chi connectivity index (χ1n) is 17.3. The number of methoxy groups -OCH3 is 1. The van der Waals surface area contributed by atoms with Gasteiger partial charge in [0.25, 0.3) is 30.4 Å². The van der Waals surface area contributed by atoms with Gasteiger partial charge in [-0.25, -0.2) is 4.98 Å². The Bertz CT molecular complexity index is 2610. The molecule has 0 amide bonds. The summed E-state index contributed by atoms with van der Waals surface area (Å²) in [6.07, 6.45) is 0.280. The largest absolute Gasteiger partial charge is 0.496 e. The average molecular weight is 855 g/mol. The standard InChI is InChI=1S/C36H38N8O11S3/c1-54-32-23-29(44-42-28-10-5-11-31(22-28)58(51,52)53)14-12-25(32)20-34-38-35(40-36(39-34)37-16-6-18-56(45,46)47)21-26-13-15-30(43-41-27-8-3-2-4-9-27)24-33(26)55-17-7-19-57(48,49)50/h2-5,8-15,22-24H,6-7,16-21H2,1H3,(H,45,46,47)(H,48,49,50)(H,51,52,53)(H,37,38,39,40). The van der Waals surface area contributed by atoms with Crippen LogP contribution >= 0.6 is 0 Å². The van der Waals surface area contributed by atoms with Crippen molar-refractivity contribution in [2.45, 2.75) is 30.6 Å². The van der Waals surface area contributed by atoms with Crippen molar-refractivity contribution in [3.05, 3.63) is 114 Å². The number of rotatable bonds is 20. The molecule has 0 unspecified atom stereocenters. The molecule has 5 aromatic rings. The molecule has 4 aromatic carbocycles. The second-order valence-electron chi connectivity index (χ2n) is 12.4. The number of nitrogens with one attached hydrogen (secondary N) is 1. The van der Waals surface area contributed by atoms with E-state index >= 15 is 0 Å². The van der Waals surface area contributed by atoms with Gasteiger partial charge >= 0.3 is 0 Å². The smallest absolute Gasteiger partial charge is 0.294 e. The predicted octanol–water partition coefficient (Wildman–Crippen LogP) is 6.49. The summed E-state index contributed by atoms with van der Waals surface area (Å²) in [5.74, 6) is 0.437. The molecule has 22 heteroatoms. The van der Waals surface area contributed by atoms with E-state index in [2.05, 4.69) is 40.7 Å². The van der Waals surface area contributed by atoms with Crippen molar-refractivity contribution in [3.8, 4) is 11.5 Å². The van der Waals surface area contributed by atoms with E-state index in [9.17, 15) is 34.4 Å². The molecule has 58 heavy (non-hydrogen) atoms. The normalized spacial score (nSPS) is 12.3. The van der Waals surface area contributed by atoms with Gasteiger partial charge in [0.2, 0.25) is 5.95 Å². The van der Waals surface area contributed by atoms with E-state index in [1.807, 2.05) is 18.2 Å². The maximum atomic E-state index is 11.5. The highest BCUT2D eigenvalue weighted by atomic mass is 32.2. The van der Waals surface area contributed by atoms with Crippen molar-refractivity contribution in [1.29, 1.82) is 0 Å². The predicted molar refractivity (Wildman–Crippen MR) is 212 cm³/mol. The van der Waals surface area contributed by atoms with Crippen molar-refractivity contribution in [2.24, 2.45) is 20.5 Å². The van der Waals surface area contributed by atoms with Gasteiger partial charge in [0.1, 0.15) is 23.1 Å². The van der Waals surface area contributed by atoms with E-state index in [0.29, 0.717) is 45.5 Å². The van der Waals surface area contributed by atoms with Gasteiger partial charge < -0.3 is 14.8 Å². The fourth-order valence-electron chi connectivity index (χ4n) is 5.18. The van der Waals surface area contributed by atoms with Crippen molar-refractivity contribution in [2.75, 3.05) is 37.1 Å². The summed E-state index contributed by atoms with van der Waals surface area (Å²) in [5.41, 5.74) is 2.85. The molecule has 5 rings (SSSR count). The summed E-state index contributed by atoms with van der Waals surface area (Å²) < 4.78 is 107. The minimum absolute atomic E-state index is 0.00475. The van der Waals surface area contributed by atoms with Crippen LogP contribution in [0, 0.1) is 0 Å². The molecule has 0 aliphatic carbocycles. The molecular weight excluding hydrogens is 817 g/mol. The lowest BCUT2D eigenvalue weighted by molar-refractivity contribution is 0.313. The summed E-state index contributed by atoms with van der Waals surface area (Å²) in [4.78, 5) is 13.4. The van der Waals surface area contributed by atoms with Crippen LogP contribution in [-0.2, 0) is 43.2 Å². The molecule has 0 saturated heterocycles. The monoisotopic (exact) mass is 854 g/mol. The lowest BCUT2D eigenvalue weighted by Gasteiger charge is -2.14. The third-order valence-electron chi connectivity index (χ3n) is 7.85. The molecule has 0 bridgehead atoms. The first kappa shape index (κ1) is 43.3. The van der Waals surface area contributed by atoms with Crippen LogP contribution in [0.2, 0.25) is 0 Å². The molecule has 19 nitrogen and oxygen atoms in total. The molecule has 0 atom stereocenters. The van der Waals surface area contributed by atoms with Crippen LogP contribution in [0.3, 0.4) is 0 Å². The number of hydrogen-bond acceptors (Lipinski definition) is 16. The number of benzene rings is 4.